The molecule has 0 bridgehead atoms. The van der Waals surface area contributed by atoms with Crippen molar-refractivity contribution in [1.29, 1.82) is 0 Å². The summed E-state index contributed by atoms with van der Waals surface area (Å²) >= 11 is 0. The number of hydrogen-bond donors (Lipinski definition) is 1. The van der Waals surface area contributed by atoms with Crippen LogP contribution in [0.3, 0.4) is 0 Å². The Labute approximate surface area is 117 Å². The van der Waals surface area contributed by atoms with Gasteiger partial charge in [0, 0.05) is 19.8 Å². The standard InChI is InChI=1S/C15H18FN3O/c1-10(2)12-7-5-4-6-11(12)8-17-15(20)13-9-19(3)18-14(13)16/h4-7,9-10H,8H2,1-3H3,(H,17,20). The number of aromatic nitrogens is 2. The Hall–Kier alpha value is -2.17. The molecule has 1 N–H and O–H groups in total. The second kappa shape index (κ2) is 5.86. The van der Waals surface area contributed by atoms with Crippen LogP contribution in [0.1, 0.15) is 41.3 Å². The normalized spacial score (nSPS) is 10.8. The molecule has 0 atom stereocenters. The fourth-order valence-corrected chi connectivity index (χ4v) is 2.14. The zero-order valence-corrected chi connectivity index (χ0v) is 11.9. The number of hydrogen-bond acceptors (Lipinski definition) is 2. The smallest absolute Gasteiger partial charge is 0.257 e. The van der Waals surface area contributed by atoms with E-state index in [1.54, 1.807) is 7.05 Å². The van der Waals surface area contributed by atoms with Crippen molar-refractivity contribution in [2.45, 2.75) is 26.3 Å². The lowest BCUT2D eigenvalue weighted by molar-refractivity contribution is 0.0946. The van der Waals surface area contributed by atoms with Crippen LogP contribution in [-0.2, 0) is 13.6 Å². The summed E-state index contributed by atoms with van der Waals surface area (Å²) in [6.45, 7) is 4.57. The minimum absolute atomic E-state index is 0.0328. The van der Waals surface area contributed by atoms with Gasteiger partial charge >= 0.3 is 0 Å². The Bertz CT molecular complexity index is 619. The van der Waals surface area contributed by atoms with Crippen molar-refractivity contribution in [2.75, 3.05) is 0 Å². The number of rotatable bonds is 4. The number of benzene rings is 1. The Morgan fingerprint density at radius 1 is 1.40 bits per heavy atom. The van der Waals surface area contributed by atoms with E-state index in [-0.39, 0.29) is 5.56 Å². The maximum atomic E-state index is 13.4. The first kappa shape index (κ1) is 14.2. The number of nitrogens with zero attached hydrogens (tertiary/aromatic N) is 2. The SMILES string of the molecule is CC(C)c1ccccc1CNC(=O)c1cn(C)nc1F. The maximum Gasteiger partial charge on any atom is 0.257 e. The maximum absolute atomic E-state index is 13.4. The minimum Gasteiger partial charge on any atom is -0.348 e. The van der Waals surface area contributed by atoms with E-state index in [0.29, 0.717) is 12.5 Å². The lowest BCUT2D eigenvalue weighted by Crippen LogP contribution is -2.24. The van der Waals surface area contributed by atoms with Gasteiger partial charge in [-0.2, -0.15) is 4.39 Å². The van der Waals surface area contributed by atoms with Gasteiger partial charge in [-0.1, -0.05) is 38.1 Å². The molecule has 2 rings (SSSR count). The summed E-state index contributed by atoms with van der Waals surface area (Å²) in [6.07, 6.45) is 1.37. The van der Waals surface area contributed by atoms with Crippen molar-refractivity contribution in [3.05, 3.63) is 53.1 Å². The molecule has 5 heteroatoms. The van der Waals surface area contributed by atoms with E-state index in [1.807, 2.05) is 24.3 Å². The predicted octanol–water partition coefficient (Wildman–Crippen LogP) is 2.61. The lowest BCUT2D eigenvalue weighted by atomic mass is 9.97. The molecule has 0 unspecified atom stereocenters. The summed E-state index contributed by atoms with van der Waals surface area (Å²) < 4.78 is 14.7. The van der Waals surface area contributed by atoms with E-state index in [0.717, 1.165) is 5.56 Å². The highest BCUT2D eigenvalue weighted by Gasteiger charge is 2.15. The summed E-state index contributed by atoms with van der Waals surface area (Å²) in [6, 6.07) is 7.91. The molecule has 0 spiro atoms. The molecule has 106 valence electrons. The number of aryl methyl sites for hydroxylation is 1. The topological polar surface area (TPSA) is 46.9 Å². The Kier molecular flexibility index (Phi) is 4.17. The van der Waals surface area contributed by atoms with Crippen molar-refractivity contribution in [1.82, 2.24) is 15.1 Å². The summed E-state index contributed by atoms with van der Waals surface area (Å²) in [5.74, 6) is -0.825. The highest BCUT2D eigenvalue weighted by atomic mass is 19.1. The van der Waals surface area contributed by atoms with Gasteiger partial charge in [0.05, 0.1) is 0 Å². The van der Waals surface area contributed by atoms with Crippen molar-refractivity contribution in [2.24, 2.45) is 7.05 Å². The molecule has 0 aliphatic heterocycles. The van der Waals surface area contributed by atoms with Crippen LogP contribution >= 0.6 is 0 Å². The van der Waals surface area contributed by atoms with Crippen molar-refractivity contribution < 1.29 is 9.18 Å². The third kappa shape index (κ3) is 3.04. The minimum atomic E-state index is -0.748. The second-order valence-electron chi connectivity index (χ2n) is 5.04. The Morgan fingerprint density at radius 3 is 2.70 bits per heavy atom. The summed E-state index contributed by atoms with van der Waals surface area (Å²) in [5, 5.41) is 6.25. The Morgan fingerprint density at radius 2 is 2.10 bits per heavy atom. The number of amides is 1. The van der Waals surface area contributed by atoms with Crippen molar-refractivity contribution in [3.63, 3.8) is 0 Å². The van der Waals surface area contributed by atoms with Crippen molar-refractivity contribution in [3.8, 4) is 0 Å². The van der Waals surface area contributed by atoms with Crippen LogP contribution in [0, 0.1) is 5.95 Å². The van der Waals surface area contributed by atoms with Crippen LogP contribution in [0.25, 0.3) is 0 Å². The van der Waals surface area contributed by atoms with Gasteiger partial charge in [0.15, 0.2) is 0 Å². The van der Waals surface area contributed by atoms with E-state index in [9.17, 15) is 9.18 Å². The van der Waals surface area contributed by atoms with Gasteiger partial charge in [-0.15, -0.1) is 5.10 Å². The quantitative estimate of drug-likeness (QED) is 0.932. The Balaban J connectivity index is 2.09. The molecule has 1 amide bonds. The third-order valence-corrected chi connectivity index (χ3v) is 3.14. The van der Waals surface area contributed by atoms with Crippen LogP contribution in [0.15, 0.2) is 30.5 Å². The number of nitrogens with one attached hydrogen (secondary N) is 1. The molecule has 0 fully saturated rings. The van der Waals surface area contributed by atoms with Gasteiger partial charge in [0.2, 0.25) is 5.95 Å². The number of carbonyl (C=O) groups excluding carboxylic acids is 1. The molecule has 0 radical (unpaired) electrons. The number of carbonyl (C=O) groups is 1. The predicted molar refractivity (Wildman–Crippen MR) is 74.9 cm³/mol. The monoisotopic (exact) mass is 275 g/mol. The largest absolute Gasteiger partial charge is 0.348 e. The average Bonchev–Trinajstić information content (AvgIpc) is 2.75. The molecule has 0 saturated heterocycles. The molecule has 1 aromatic carbocycles. The highest BCUT2D eigenvalue weighted by Crippen LogP contribution is 2.19. The highest BCUT2D eigenvalue weighted by molar-refractivity contribution is 5.93. The van der Waals surface area contributed by atoms with E-state index in [2.05, 4.69) is 24.3 Å². The second-order valence-corrected chi connectivity index (χ2v) is 5.04. The first-order valence-electron chi connectivity index (χ1n) is 6.54. The van der Waals surface area contributed by atoms with Gasteiger partial charge in [-0.3, -0.25) is 9.48 Å². The summed E-state index contributed by atoms with van der Waals surface area (Å²) in [7, 11) is 1.58. The van der Waals surface area contributed by atoms with Gasteiger partial charge in [-0.25, -0.2) is 0 Å². The molecule has 2 aromatic rings. The molecular formula is C15H18FN3O. The molecule has 0 aliphatic rings. The lowest BCUT2D eigenvalue weighted by Gasteiger charge is -2.13. The van der Waals surface area contributed by atoms with Crippen LogP contribution in [0.2, 0.25) is 0 Å². The zero-order valence-electron chi connectivity index (χ0n) is 11.9. The van der Waals surface area contributed by atoms with Gasteiger partial charge < -0.3 is 5.32 Å². The summed E-state index contributed by atoms with van der Waals surface area (Å²) in [5.41, 5.74) is 2.19. The van der Waals surface area contributed by atoms with Gasteiger partial charge in [-0.05, 0) is 17.0 Å². The molecule has 4 nitrogen and oxygen atoms in total. The fourth-order valence-electron chi connectivity index (χ4n) is 2.14. The first-order valence-corrected chi connectivity index (χ1v) is 6.54. The molecule has 1 aromatic heterocycles. The van der Waals surface area contributed by atoms with Gasteiger partial charge in [0.25, 0.3) is 5.91 Å². The molecule has 1 heterocycles. The van der Waals surface area contributed by atoms with E-state index in [4.69, 9.17) is 0 Å². The molecule has 20 heavy (non-hydrogen) atoms. The van der Waals surface area contributed by atoms with Crippen LogP contribution in [0.5, 0.6) is 0 Å². The molecule has 0 aliphatic carbocycles. The number of halogens is 1. The van der Waals surface area contributed by atoms with Crippen LogP contribution < -0.4 is 5.32 Å². The van der Waals surface area contributed by atoms with E-state index >= 15 is 0 Å². The van der Waals surface area contributed by atoms with E-state index < -0.39 is 11.9 Å². The van der Waals surface area contributed by atoms with Gasteiger partial charge in [0.1, 0.15) is 5.56 Å². The molecule has 0 saturated carbocycles. The fraction of sp³-hybridized carbons (Fsp3) is 0.333. The summed E-state index contributed by atoms with van der Waals surface area (Å²) in [4.78, 5) is 11.9. The zero-order chi connectivity index (χ0) is 14.7. The van der Waals surface area contributed by atoms with E-state index in [1.165, 1.54) is 16.4 Å². The van der Waals surface area contributed by atoms with Crippen LogP contribution in [0.4, 0.5) is 4.39 Å². The van der Waals surface area contributed by atoms with Crippen LogP contribution in [-0.4, -0.2) is 15.7 Å². The average molecular weight is 275 g/mol. The third-order valence-electron chi connectivity index (χ3n) is 3.14. The van der Waals surface area contributed by atoms with Crippen molar-refractivity contribution >= 4 is 5.91 Å². The first-order chi connectivity index (χ1) is 9.49. The molecular weight excluding hydrogens is 257 g/mol.